The molecule has 1 fully saturated rings. The fraction of sp³-hybridized carbons (Fsp3) is 0.409. The Morgan fingerprint density at radius 2 is 2.07 bits per heavy atom. The highest BCUT2D eigenvalue weighted by molar-refractivity contribution is 5.97. The molecule has 1 saturated heterocycles. The van der Waals surface area contributed by atoms with E-state index in [0.717, 1.165) is 48.9 Å². The zero-order valence-electron chi connectivity index (χ0n) is 16.7. The molecule has 1 aromatic carbocycles. The zero-order valence-corrected chi connectivity index (χ0v) is 16.7. The maximum Gasteiger partial charge on any atom is 0.267 e. The first-order valence-electron chi connectivity index (χ1n) is 10.2. The van der Waals surface area contributed by atoms with Crippen LogP contribution < -0.4 is 10.9 Å². The first-order valence-corrected chi connectivity index (χ1v) is 10.2. The van der Waals surface area contributed by atoms with Gasteiger partial charge in [0.25, 0.3) is 11.5 Å². The number of hydrogen-bond acceptors (Lipinski definition) is 4. The third kappa shape index (κ3) is 4.56. The van der Waals surface area contributed by atoms with E-state index in [1.807, 2.05) is 37.3 Å². The number of aromatic amines is 1. The standard InChI is InChI=1S/C22H27N5O2/c1-16-9-10-21(28)27(25-16)13-12-26-11-5-4-7-18(26)15-23-22(29)20-14-17-6-2-3-8-19(17)24-20/h2-3,6,8-10,14,18,24H,4-5,7,11-13,15H2,1H3,(H,23,29). The van der Waals surface area contributed by atoms with Crippen LogP contribution in [0.3, 0.4) is 0 Å². The lowest BCUT2D eigenvalue weighted by Crippen LogP contribution is -2.48. The number of aromatic nitrogens is 3. The second-order valence-electron chi connectivity index (χ2n) is 7.70. The van der Waals surface area contributed by atoms with Crippen LogP contribution in [0.25, 0.3) is 10.9 Å². The number of carbonyl (C=O) groups is 1. The van der Waals surface area contributed by atoms with E-state index in [9.17, 15) is 9.59 Å². The van der Waals surface area contributed by atoms with Gasteiger partial charge in [-0.15, -0.1) is 0 Å². The minimum atomic E-state index is -0.0803. The normalized spacial score (nSPS) is 17.5. The molecule has 0 radical (unpaired) electrons. The first-order chi connectivity index (χ1) is 14.1. The smallest absolute Gasteiger partial charge is 0.267 e. The van der Waals surface area contributed by atoms with Crippen molar-refractivity contribution in [2.24, 2.45) is 0 Å². The van der Waals surface area contributed by atoms with Crippen LogP contribution in [-0.4, -0.2) is 51.2 Å². The number of para-hydroxylation sites is 1. The van der Waals surface area contributed by atoms with Crippen molar-refractivity contribution < 1.29 is 4.79 Å². The fourth-order valence-corrected chi connectivity index (χ4v) is 4.02. The lowest BCUT2D eigenvalue weighted by Gasteiger charge is -2.35. The molecule has 1 unspecified atom stereocenters. The van der Waals surface area contributed by atoms with Crippen LogP contribution in [0.1, 0.15) is 35.4 Å². The van der Waals surface area contributed by atoms with E-state index < -0.39 is 0 Å². The second kappa shape index (κ2) is 8.61. The molecule has 0 bridgehead atoms. The third-order valence-corrected chi connectivity index (χ3v) is 5.62. The minimum Gasteiger partial charge on any atom is -0.351 e. The van der Waals surface area contributed by atoms with Crippen molar-refractivity contribution in [2.75, 3.05) is 19.6 Å². The van der Waals surface area contributed by atoms with E-state index in [1.54, 1.807) is 12.1 Å². The van der Waals surface area contributed by atoms with Gasteiger partial charge in [-0.2, -0.15) is 5.10 Å². The Kier molecular flexibility index (Phi) is 5.76. The summed E-state index contributed by atoms with van der Waals surface area (Å²) in [5.41, 5.74) is 2.32. The van der Waals surface area contributed by atoms with Gasteiger partial charge in [-0.05, 0) is 44.5 Å². The maximum atomic E-state index is 12.6. The Balaban J connectivity index is 1.36. The summed E-state index contributed by atoms with van der Waals surface area (Å²) in [6.45, 7) is 4.79. The predicted molar refractivity (Wildman–Crippen MR) is 113 cm³/mol. The Morgan fingerprint density at radius 1 is 1.21 bits per heavy atom. The van der Waals surface area contributed by atoms with Crippen LogP contribution in [0.4, 0.5) is 0 Å². The summed E-state index contributed by atoms with van der Waals surface area (Å²) in [5.74, 6) is -0.0803. The van der Waals surface area contributed by atoms with Crippen LogP contribution in [0.15, 0.2) is 47.3 Å². The number of nitrogens with zero attached hydrogens (tertiary/aromatic N) is 3. The highest BCUT2D eigenvalue weighted by Crippen LogP contribution is 2.17. The average Bonchev–Trinajstić information content (AvgIpc) is 3.17. The Morgan fingerprint density at radius 3 is 2.93 bits per heavy atom. The highest BCUT2D eigenvalue weighted by atomic mass is 16.2. The number of aryl methyl sites for hydroxylation is 1. The van der Waals surface area contributed by atoms with Crippen LogP contribution in [0, 0.1) is 6.92 Å². The van der Waals surface area contributed by atoms with E-state index in [4.69, 9.17) is 0 Å². The lowest BCUT2D eigenvalue weighted by atomic mass is 10.0. The summed E-state index contributed by atoms with van der Waals surface area (Å²) in [4.78, 5) is 30.1. The van der Waals surface area contributed by atoms with Crippen LogP contribution in [0.2, 0.25) is 0 Å². The van der Waals surface area contributed by atoms with Crippen LogP contribution in [0.5, 0.6) is 0 Å². The summed E-state index contributed by atoms with van der Waals surface area (Å²) < 4.78 is 1.53. The number of hydrogen-bond donors (Lipinski definition) is 2. The Labute approximate surface area is 169 Å². The summed E-state index contributed by atoms with van der Waals surface area (Å²) in [7, 11) is 0. The summed E-state index contributed by atoms with van der Waals surface area (Å²) in [5, 5.41) is 8.44. The molecule has 29 heavy (non-hydrogen) atoms. The largest absolute Gasteiger partial charge is 0.351 e. The summed E-state index contributed by atoms with van der Waals surface area (Å²) in [6, 6.07) is 13.3. The third-order valence-electron chi connectivity index (χ3n) is 5.62. The average molecular weight is 393 g/mol. The Bertz CT molecular complexity index is 1020. The number of fused-ring (bicyclic) bond motifs is 1. The van der Waals surface area contributed by atoms with E-state index in [2.05, 4.69) is 20.3 Å². The molecule has 152 valence electrons. The van der Waals surface area contributed by atoms with Gasteiger partial charge in [-0.1, -0.05) is 24.6 Å². The Hall–Kier alpha value is -2.93. The van der Waals surface area contributed by atoms with Gasteiger partial charge in [0.1, 0.15) is 5.69 Å². The molecule has 3 heterocycles. The minimum absolute atomic E-state index is 0.0729. The number of piperidine rings is 1. The zero-order chi connectivity index (χ0) is 20.2. The van der Waals surface area contributed by atoms with Gasteiger partial charge in [0.05, 0.1) is 12.2 Å². The van der Waals surface area contributed by atoms with Gasteiger partial charge >= 0.3 is 0 Å². The van der Waals surface area contributed by atoms with E-state index in [1.165, 1.54) is 4.68 Å². The van der Waals surface area contributed by atoms with E-state index >= 15 is 0 Å². The molecule has 1 aliphatic rings. The lowest BCUT2D eigenvalue weighted by molar-refractivity contribution is 0.0905. The molecule has 0 saturated carbocycles. The predicted octanol–water partition coefficient (Wildman–Crippen LogP) is 2.32. The number of benzene rings is 1. The molecule has 0 aliphatic carbocycles. The number of nitrogens with one attached hydrogen (secondary N) is 2. The van der Waals surface area contributed by atoms with E-state index in [-0.39, 0.29) is 17.5 Å². The van der Waals surface area contributed by atoms with Crippen molar-refractivity contribution in [2.45, 2.75) is 38.8 Å². The highest BCUT2D eigenvalue weighted by Gasteiger charge is 2.23. The van der Waals surface area contributed by atoms with Crippen molar-refractivity contribution in [3.63, 3.8) is 0 Å². The van der Waals surface area contributed by atoms with Gasteiger partial charge in [0.15, 0.2) is 0 Å². The molecular weight excluding hydrogens is 366 g/mol. The topological polar surface area (TPSA) is 83.0 Å². The molecule has 1 atom stereocenters. The van der Waals surface area contributed by atoms with Gasteiger partial charge in [-0.25, -0.2) is 4.68 Å². The quantitative estimate of drug-likeness (QED) is 0.673. The van der Waals surface area contributed by atoms with Crippen molar-refractivity contribution in [1.29, 1.82) is 0 Å². The van der Waals surface area contributed by atoms with Crippen molar-refractivity contribution in [3.05, 3.63) is 64.2 Å². The van der Waals surface area contributed by atoms with Crippen molar-refractivity contribution in [1.82, 2.24) is 25.0 Å². The molecule has 1 amide bonds. The molecule has 1 aliphatic heterocycles. The number of H-pyrrole nitrogens is 1. The monoisotopic (exact) mass is 393 g/mol. The van der Waals surface area contributed by atoms with Gasteiger partial charge < -0.3 is 10.3 Å². The van der Waals surface area contributed by atoms with Gasteiger partial charge in [0.2, 0.25) is 0 Å². The molecule has 3 aromatic rings. The molecule has 7 nitrogen and oxygen atoms in total. The number of rotatable bonds is 6. The molecular formula is C22H27N5O2. The molecule has 0 spiro atoms. The number of likely N-dealkylation sites (tertiary alicyclic amines) is 1. The molecule has 7 heteroatoms. The van der Waals surface area contributed by atoms with Gasteiger partial charge in [0, 0.05) is 36.1 Å². The number of amides is 1. The second-order valence-corrected chi connectivity index (χ2v) is 7.70. The summed E-state index contributed by atoms with van der Waals surface area (Å²) >= 11 is 0. The van der Waals surface area contributed by atoms with Gasteiger partial charge in [-0.3, -0.25) is 14.5 Å². The van der Waals surface area contributed by atoms with Crippen molar-refractivity contribution in [3.8, 4) is 0 Å². The summed E-state index contributed by atoms with van der Waals surface area (Å²) in [6.07, 6.45) is 3.35. The molecule has 4 rings (SSSR count). The fourth-order valence-electron chi connectivity index (χ4n) is 4.02. The SMILES string of the molecule is Cc1ccc(=O)n(CCN2CCCCC2CNC(=O)c2cc3ccccc3[nH]2)n1. The maximum absolute atomic E-state index is 12.6. The number of carbonyl (C=O) groups excluding carboxylic acids is 1. The van der Waals surface area contributed by atoms with Crippen LogP contribution in [-0.2, 0) is 6.54 Å². The molecule has 2 N–H and O–H groups in total. The van der Waals surface area contributed by atoms with Crippen molar-refractivity contribution >= 4 is 16.8 Å². The van der Waals surface area contributed by atoms with Crippen LogP contribution >= 0.6 is 0 Å². The molecule has 2 aromatic heterocycles. The van der Waals surface area contributed by atoms with E-state index in [0.29, 0.717) is 18.8 Å². The first kappa shape index (κ1) is 19.4.